The van der Waals surface area contributed by atoms with Gasteiger partial charge in [-0.25, -0.2) is 4.79 Å². The molecule has 0 radical (unpaired) electrons. The summed E-state index contributed by atoms with van der Waals surface area (Å²) in [7, 11) is 0. The molecule has 1 aliphatic heterocycles. The van der Waals surface area contributed by atoms with Crippen molar-refractivity contribution < 1.29 is 18.7 Å². The van der Waals surface area contributed by atoms with Crippen molar-refractivity contribution >= 4 is 16.9 Å². The summed E-state index contributed by atoms with van der Waals surface area (Å²) in [6.07, 6.45) is 2.45. The van der Waals surface area contributed by atoms with Crippen molar-refractivity contribution in [1.29, 1.82) is 0 Å². The molecule has 0 bridgehead atoms. The summed E-state index contributed by atoms with van der Waals surface area (Å²) in [6, 6.07) is 14.1. The van der Waals surface area contributed by atoms with Crippen molar-refractivity contribution in [3.05, 3.63) is 65.0 Å². The standard InChI is InChI=1S/C20H16O5/c21-19-15-9-8-14(25-20(22)17-7-4-10-23-17)11-18(15)24-12-16(19)13-5-2-1-3-6-13/h1-3,5-6,8-9,11-12,17H,4,7,10H2. The third-order valence-electron chi connectivity index (χ3n) is 4.24. The lowest BCUT2D eigenvalue weighted by Gasteiger charge is -2.09. The zero-order valence-corrected chi connectivity index (χ0v) is 13.4. The van der Waals surface area contributed by atoms with Crippen LogP contribution in [0.1, 0.15) is 12.8 Å². The van der Waals surface area contributed by atoms with Gasteiger partial charge in [-0.1, -0.05) is 30.3 Å². The zero-order chi connectivity index (χ0) is 17.2. The van der Waals surface area contributed by atoms with Crippen molar-refractivity contribution in [2.45, 2.75) is 18.9 Å². The van der Waals surface area contributed by atoms with Gasteiger partial charge < -0.3 is 13.9 Å². The molecule has 0 aliphatic carbocycles. The molecule has 0 amide bonds. The molecule has 5 heteroatoms. The molecule has 3 aromatic rings. The van der Waals surface area contributed by atoms with Crippen molar-refractivity contribution in [2.24, 2.45) is 0 Å². The second kappa shape index (κ2) is 6.53. The van der Waals surface area contributed by atoms with E-state index in [1.54, 1.807) is 18.2 Å². The number of hydrogen-bond donors (Lipinski definition) is 0. The van der Waals surface area contributed by atoms with E-state index in [1.807, 2.05) is 30.3 Å². The minimum absolute atomic E-state index is 0.121. The van der Waals surface area contributed by atoms with Crippen LogP contribution in [0.4, 0.5) is 0 Å². The van der Waals surface area contributed by atoms with E-state index in [2.05, 4.69) is 0 Å². The summed E-state index contributed by atoms with van der Waals surface area (Å²) in [5, 5.41) is 0.443. The quantitative estimate of drug-likeness (QED) is 0.540. The number of fused-ring (bicyclic) bond motifs is 1. The van der Waals surface area contributed by atoms with Crippen LogP contribution in [-0.2, 0) is 9.53 Å². The van der Waals surface area contributed by atoms with Crippen LogP contribution in [0, 0.1) is 0 Å². The van der Waals surface area contributed by atoms with Crippen molar-refractivity contribution in [2.75, 3.05) is 6.61 Å². The number of ether oxygens (including phenoxy) is 2. The molecule has 1 atom stereocenters. The van der Waals surface area contributed by atoms with Crippen LogP contribution in [0.3, 0.4) is 0 Å². The van der Waals surface area contributed by atoms with Crippen LogP contribution in [0.2, 0.25) is 0 Å². The highest BCUT2D eigenvalue weighted by atomic mass is 16.6. The van der Waals surface area contributed by atoms with Gasteiger partial charge in [-0.2, -0.15) is 0 Å². The Balaban J connectivity index is 1.66. The zero-order valence-electron chi connectivity index (χ0n) is 13.4. The lowest BCUT2D eigenvalue weighted by molar-refractivity contribution is -0.144. The van der Waals surface area contributed by atoms with Gasteiger partial charge in [0.25, 0.3) is 0 Å². The first-order valence-electron chi connectivity index (χ1n) is 8.17. The molecule has 1 fully saturated rings. The summed E-state index contributed by atoms with van der Waals surface area (Å²) >= 11 is 0. The number of esters is 1. The lowest BCUT2D eigenvalue weighted by atomic mass is 10.1. The summed E-state index contributed by atoms with van der Waals surface area (Å²) in [4.78, 5) is 24.7. The molecule has 0 spiro atoms. The molecule has 0 N–H and O–H groups in total. The molecule has 1 aliphatic rings. The van der Waals surface area contributed by atoms with Gasteiger partial charge in [-0.15, -0.1) is 0 Å². The smallest absolute Gasteiger partial charge is 0.340 e. The van der Waals surface area contributed by atoms with E-state index in [-0.39, 0.29) is 5.43 Å². The van der Waals surface area contributed by atoms with Crippen LogP contribution in [0.25, 0.3) is 22.1 Å². The normalized spacial score (nSPS) is 16.9. The van der Waals surface area contributed by atoms with Gasteiger partial charge in [0, 0.05) is 12.7 Å². The Bertz CT molecular complexity index is 968. The fourth-order valence-electron chi connectivity index (χ4n) is 2.93. The summed E-state index contributed by atoms with van der Waals surface area (Å²) in [6.45, 7) is 0.578. The number of benzene rings is 2. The first kappa shape index (κ1) is 15.6. The average molecular weight is 336 g/mol. The maximum Gasteiger partial charge on any atom is 0.340 e. The van der Waals surface area contributed by atoms with Crippen LogP contribution >= 0.6 is 0 Å². The van der Waals surface area contributed by atoms with E-state index in [1.165, 1.54) is 6.26 Å². The first-order chi connectivity index (χ1) is 12.2. The number of rotatable bonds is 3. The van der Waals surface area contributed by atoms with Crippen molar-refractivity contribution in [1.82, 2.24) is 0 Å². The van der Waals surface area contributed by atoms with E-state index in [0.717, 1.165) is 12.0 Å². The Hall–Kier alpha value is -2.92. The topological polar surface area (TPSA) is 65.7 Å². The van der Waals surface area contributed by atoms with Crippen molar-refractivity contribution in [3.8, 4) is 16.9 Å². The van der Waals surface area contributed by atoms with Gasteiger partial charge in [0.15, 0.2) is 11.5 Å². The minimum Gasteiger partial charge on any atom is -0.463 e. The number of hydrogen-bond acceptors (Lipinski definition) is 5. The van der Waals surface area contributed by atoms with E-state index >= 15 is 0 Å². The third kappa shape index (κ3) is 3.06. The number of carbonyl (C=O) groups excluding carboxylic acids is 1. The molecule has 5 nitrogen and oxygen atoms in total. The Labute approximate surface area is 143 Å². The molecule has 0 saturated carbocycles. The van der Waals surface area contributed by atoms with Gasteiger partial charge >= 0.3 is 5.97 Å². The van der Waals surface area contributed by atoms with Crippen LogP contribution < -0.4 is 10.2 Å². The van der Waals surface area contributed by atoms with Crippen LogP contribution in [-0.4, -0.2) is 18.7 Å². The summed E-state index contributed by atoms with van der Waals surface area (Å²) in [5.41, 5.74) is 1.55. The van der Waals surface area contributed by atoms with Gasteiger partial charge in [-0.05, 0) is 30.5 Å². The molecule has 126 valence electrons. The highest BCUT2D eigenvalue weighted by molar-refractivity contribution is 5.84. The van der Waals surface area contributed by atoms with E-state index in [9.17, 15) is 9.59 Å². The van der Waals surface area contributed by atoms with Gasteiger partial charge in [0.2, 0.25) is 0 Å². The van der Waals surface area contributed by atoms with E-state index < -0.39 is 12.1 Å². The van der Waals surface area contributed by atoms with Gasteiger partial charge in [0.1, 0.15) is 17.6 Å². The Morgan fingerprint density at radius 1 is 1.12 bits per heavy atom. The first-order valence-corrected chi connectivity index (χ1v) is 8.17. The fourth-order valence-corrected chi connectivity index (χ4v) is 2.93. The molecule has 2 aromatic carbocycles. The average Bonchev–Trinajstić information content (AvgIpc) is 3.18. The van der Waals surface area contributed by atoms with Gasteiger partial charge in [0.05, 0.1) is 10.9 Å². The predicted octanol–water partition coefficient (Wildman–Crippen LogP) is 3.54. The number of carbonyl (C=O) groups is 1. The minimum atomic E-state index is -0.511. The maximum absolute atomic E-state index is 12.7. The Morgan fingerprint density at radius 3 is 2.72 bits per heavy atom. The van der Waals surface area contributed by atoms with E-state index in [0.29, 0.717) is 35.3 Å². The Morgan fingerprint density at radius 2 is 1.96 bits per heavy atom. The van der Waals surface area contributed by atoms with Crippen molar-refractivity contribution in [3.63, 3.8) is 0 Å². The second-order valence-electron chi connectivity index (χ2n) is 5.93. The van der Waals surface area contributed by atoms with Gasteiger partial charge in [-0.3, -0.25) is 4.79 Å². The highest BCUT2D eigenvalue weighted by Gasteiger charge is 2.25. The predicted molar refractivity (Wildman–Crippen MR) is 92.5 cm³/mol. The third-order valence-corrected chi connectivity index (χ3v) is 4.24. The molecule has 1 saturated heterocycles. The maximum atomic E-state index is 12.7. The van der Waals surface area contributed by atoms with Crippen LogP contribution in [0.15, 0.2) is 64.0 Å². The molecule has 4 rings (SSSR count). The lowest BCUT2D eigenvalue weighted by Crippen LogP contribution is -2.24. The molecular formula is C20H16O5. The van der Waals surface area contributed by atoms with E-state index in [4.69, 9.17) is 13.9 Å². The molecule has 2 heterocycles. The summed E-state index contributed by atoms with van der Waals surface area (Å²) in [5.74, 6) is -0.0799. The Kier molecular flexibility index (Phi) is 4.07. The summed E-state index contributed by atoms with van der Waals surface area (Å²) < 4.78 is 16.2. The SMILES string of the molecule is O=C(Oc1ccc2c(=O)c(-c3ccccc3)coc2c1)C1CCCO1. The molecule has 1 unspecified atom stereocenters. The van der Waals surface area contributed by atoms with Crippen LogP contribution in [0.5, 0.6) is 5.75 Å². The second-order valence-corrected chi connectivity index (χ2v) is 5.93. The monoisotopic (exact) mass is 336 g/mol. The fraction of sp³-hybridized carbons (Fsp3) is 0.200. The molecular weight excluding hydrogens is 320 g/mol. The molecule has 25 heavy (non-hydrogen) atoms. The highest BCUT2D eigenvalue weighted by Crippen LogP contribution is 2.24. The molecule has 1 aromatic heterocycles. The largest absolute Gasteiger partial charge is 0.463 e.